The lowest BCUT2D eigenvalue weighted by atomic mass is 10.2. The minimum absolute atomic E-state index is 0.0129. The van der Waals surface area contributed by atoms with Crippen LogP contribution in [0.5, 0.6) is 0 Å². The molecule has 1 atom stereocenters. The minimum atomic E-state index is -0.592. The van der Waals surface area contributed by atoms with Gasteiger partial charge in [-0.1, -0.05) is 0 Å². The van der Waals surface area contributed by atoms with E-state index in [-0.39, 0.29) is 13.2 Å². The van der Waals surface area contributed by atoms with E-state index in [0.717, 1.165) is 11.0 Å². The average molecular weight is 580 g/mol. The molecule has 0 aliphatic rings. The third kappa shape index (κ3) is 4.50. The highest BCUT2D eigenvalue weighted by Gasteiger charge is 2.16. The number of fused-ring (bicyclic) bond motifs is 3. The molecular weight excluding hydrogens is 558 g/mol. The number of aromatic nitrogens is 1. The highest BCUT2D eigenvalue weighted by molar-refractivity contribution is 14.1. The molecule has 0 amide bonds. The SMILES string of the molecule is OCCN(CCO)CC(O)Cn1c2ccc(I)cc2c2cc(I)ccc21. The van der Waals surface area contributed by atoms with Crippen LogP contribution in [0.4, 0.5) is 0 Å². The fourth-order valence-corrected chi connectivity index (χ4v) is 4.37. The van der Waals surface area contributed by atoms with Gasteiger partial charge >= 0.3 is 0 Å². The smallest absolute Gasteiger partial charge is 0.0846 e. The van der Waals surface area contributed by atoms with Gasteiger partial charge in [-0.3, -0.25) is 4.90 Å². The van der Waals surface area contributed by atoms with Crippen molar-refractivity contribution in [3.63, 3.8) is 0 Å². The zero-order chi connectivity index (χ0) is 18.7. The molecule has 5 nitrogen and oxygen atoms in total. The Morgan fingerprint density at radius 3 is 1.85 bits per heavy atom. The maximum Gasteiger partial charge on any atom is 0.0846 e. The van der Waals surface area contributed by atoms with E-state index in [9.17, 15) is 5.11 Å². The molecular formula is C19H22I2N2O3. The molecule has 140 valence electrons. The first-order valence-corrected chi connectivity index (χ1v) is 10.7. The summed E-state index contributed by atoms with van der Waals surface area (Å²) in [5.74, 6) is 0. The number of benzene rings is 2. The summed E-state index contributed by atoms with van der Waals surface area (Å²) in [6.07, 6.45) is -0.592. The van der Waals surface area contributed by atoms with E-state index in [1.807, 2.05) is 4.90 Å². The second kappa shape index (κ2) is 9.16. The van der Waals surface area contributed by atoms with Gasteiger partial charge in [0.1, 0.15) is 0 Å². The third-order valence-corrected chi connectivity index (χ3v) is 5.83. The second-order valence-corrected chi connectivity index (χ2v) is 8.83. The van der Waals surface area contributed by atoms with Crippen molar-refractivity contribution >= 4 is 67.0 Å². The van der Waals surface area contributed by atoms with Crippen LogP contribution in [-0.4, -0.2) is 63.7 Å². The normalized spacial score (nSPS) is 13.2. The molecule has 3 N–H and O–H groups in total. The summed E-state index contributed by atoms with van der Waals surface area (Å²) < 4.78 is 4.54. The van der Waals surface area contributed by atoms with Gasteiger partial charge in [-0.15, -0.1) is 0 Å². The predicted molar refractivity (Wildman–Crippen MR) is 121 cm³/mol. The lowest BCUT2D eigenvalue weighted by Crippen LogP contribution is -2.38. The highest BCUT2D eigenvalue weighted by atomic mass is 127. The van der Waals surface area contributed by atoms with Crippen molar-refractivity contribution in [2.75, 3.05) is 32.8 Å². The molecule has 0 fully saturated rings. The zero-order valence-corrected chi connectivity index (χ0v) is 18.6. The monoisotopic (exact) mass is 580 g/mol. The molecule has 26 heavy (non-hydrogen) atoms. The number of nitrogens with zero attached hydrogens (tertiary/aromatic N) is 2. The molecule has 0 saturated carbocycles. The molecule has 3 rings (SSSR count). The molecule has 0 bridgehead atoms. The molecule has 0 saturated heterocycles. The molecule has 7 heteroatoms. The van der Waals surface area contributed by atoms with E-state index in [1.165, 1.54) is 17.9 Å². The molecule has 1 heterocycles. The van der Waals surface area contributed by atoms with E-state index in [4.69, 9.17) is 10.2 Å². The van der Waals surface area contributed by atoms with E-state index in [1.54, 1.807) is 0 Å². The standard InChI is InChI=1S/C19H22I2N2O3/c20-13-1-3-18-16(9-13)17-10-14(21)2-4-19(17)23(18)12-15(26)11-22(5-7-24)6-8-25/h1-4,9-10,15,24-26H,5-8,11-12H2. The van der Waals surface area contributed by atoms with Gasteiger partial charge in [0.2, 0.25) is 0 Å². The van der Waals surface area contributed by atoms with Crippen molar-refractivity contribution in [2.45, 2.75) is 12.6 Å². The van der Waals surface area contributed by atoms with Gasteiger partial charge in [0, 0.05) is 48.6 Å². The van der Waals surface area contributed by atoms with Crippen LogP contribution < -0.4 is 0 Å². The molecule has 1 unspecified atom stereocenters. The van der Waals surface area contributed by atoms with Crippen LogP contribution in [0, 0.1) is 7.14 Å². The zero-order valence-electron chi connectivity index (χ0n) is 14.3. The average Bonchev–Trinajstić information content (AvgIpc) is 2.88. The Kier molecular flexibility index (Phi) is 7.14. The van der Waals surface area contributed by atoms with E-state index in [0.29, 0.717) is 26.2 Å². The molecule has 2 aromatic carbocycles. The topological polar surface area (TPSA) is 68.9 Å². The second-order valence-electron chi connectivity index (χ2n) is 6.34. The minimum Gasteiger partial charge on any atom is -0.395 e. The molecule has 0 spiro atoms. The Bertz CT molecular complexity index is 832. The van der Waals surface area contributed by atoms with Crippen LogP contribution >= 0.6 is 45.2 Å². The largest absolute Gasteiger partial charge is 0.395 e. The first-order chi connectivity index (χ1) is 12.5. The Morgan fingerprint density at radius 2 is 1.38 bits per heavy atom. The lowest BCUT2D eigenvalue weighted by Gasteiger charge is -2.24. The van der Waals surface area contributed by atoms with Crippen molar-refractivity contribution < 1.29 is 15.3 Å². The predicted octanol–water partition coefficient (Wildman–Crippen LogP) is 2.65. The first-order valence-electron chi connectivity index (χ1n) is 8.52. The Hall–Kier alpha value is -0.460. The van der Waals surface area contributed by atoms with Gasteiger partial charge < -0.3 is 19.9 Å². The van der Waals surface area contributed by atoms with Gasteiger partial charge in [-0.25, -0.2) is 0 Å². The summed E-state index contributed by atoms with van der Waals surface area (Å²) in [4.78, 5) is 1.88. The molecule has 1 aromatic heterocycles. The van der Waals surface area contributed by atoms with Crippen molar-refractivity contribution in [3.8, 4) is 0 Å². The fourth-order valence-electron chi connectivity index (χ4n) is 3.39. The van der Waals surface area contributed by atoms with Crippen molar-refractivity contribution in [1.29, 1.82) is 0 Å². The number of aliphatic hydroxyl groups is 3. The molecule has 0 radical (unpaired) electrons. The number of aliphatic hydroxyl groups excluding tert-OH is 3. The molecule has 0 aliphatic heterocycles. The third-order valence-electron chi connectivity index (χ3n) is 4.48. The number of hydrogen-bond donors (Lipinski definition) is 3. The summed E-state index contributed by atoms with van der Waals surface area (Å²) >= 11 is 4.65. The summed E-state index contributed by atoms with van der Waals surface area (Å²) in [6.45, 7) is 1.80. The van der Waals surface area contributed by atoms with Crippen LogP contribution in [0.15, 0.2) is 36.4 Å². The first kappa shape index (κ1) is 20.3. The van der Waals surface area contributed by atoms with Gasteiger partial charge in [0.05, 0.1) is 25.9 Å². The summed E-state index contributed by atoms with van der Waals surface area (Å²) in [6, 6.07) is 12.7. The van der Waals surface area contributed by atoms with E-state index < -0.39 is 6.10 Å². The van der Waals surface area contributed by atoms with Crippen molar-refractivity contribution in [1.82, 2.24) is 9.47 Å². The lowest BCUT2D eigenvalue weighted by molar-refractivity contribution is 0.0787. The summed E-state index contributed by atoms with van der Waals surface area (Å²) in [5, 5.41) is 31.3. The van der Waals surface area contributed by atoms with Crippen LogP contribution in [0.25, 0.3) is 21.8 Å². The number of hydrogen-bond acceptors (Lipinski definition) is 4. The van der Waals surface area contributed by atoms with Crippen molar-refractivity contribution in [3.05, 3.63) is 43.5 Å². The van der Waals surface area contributed by atoms with Gasteiger partial charge in [0.25, 0.3) is 0 Å². The maximum atomic E-state index is 10.6. The van der Waals surface area contributed by atoms with Gasteiger partial charge in [0.15, 0.2) is 0 Å². The van der Waals surface area contributed by atoms with Crippen LogP contribution in [0.3, 0.4) is 0 Å². The van der Waals surface area contributed by atoms with Gasteiger partial charge in [-0.2, -0.15) is 0 Å². The number of rotatable bonds is 8. The highest BCUT2D eigenvalue weighted by Crippen LogP contribution is 2.31. The molecule has 0 aliphatic carbocycles. The Morgan fingerprint density at radius 1 is 0.885 bits per heavy atom. The van der Waals surface area contributed by atoms with Crippen LogP contribution in [0.1, 0.15) is 0 Å². The van der Waals surface area contributed by atoms with E-state index >= 15 is 0 Å². The van der Waals surface area contributed by atoms with Crippen LogP contribution in [0.2, 0.25) is 0 Å². The quantitative estimate of drug-likeness (QED) is 0.359. The molecule has 3 aromatic rings. The maximum absolute atomic E-state index is 10.6. The number of halogens is 2. The van der Waals surface area contributed by atoms with E-state index in [2.05, 4.69) is 86.1 Å². The van der Waals surface area contributed by atoms with Gasteiger partial charge in [-0.05, 0) is 81.6 Å². The Labute approximate surface area is 179 Å². The fraction of sp³-hybridized carbons (Fsp3) is 0.368. The summed E-state index contributed by atoms with van der Waals surface area (Å²) in [5.41, 5.74) is 2.22. The van der Waals surface area contributed by atoms with Crippen LogP contribution in [-0.2, 0) is 6.54 Å². The summed E-state index contributed by atoms with van der Waals surface area (Å²) in [7, 11) is 0. The van der Waals surface area contributed by atoms with Crippen molar-refractivity contribution in [2.24, 2.45) is 0 Å². The Balaban J connectivity index is 1.95.